The number of anilines is 3. The molecule has 0 spiro atoms. The van der Waals surface area contributed by atoms with Gasteiger partial charge in [-0.3, -0.25) is 0 Å². The molecular weight excluding hydrogens is 300 g/mol. The molecule has 0 aliphatic carbocycles. The molecule has 0 unspecified atom stereocenters. The topological polar surface area (TPSA) is 38.0 Å². The van der Waals surface area contributed by atoms with Crippen LogP contribution >= 0.6 is 27.5 Å². The first-order valence-electron chi connectivity index (χ1n) is 5.14. The molecule has 0 bridgehead atoms. The Bertz CT molecular complexity index is 555. The summed E-state index contributed by atoms with van der Waals surface area (Å²) in [6.45, 7) is 2.03. The number of benzene rings is 2. The summed E-state index contributed by atoms with van der Waals surface area (Å²) in [7, 11) is 0. The van der Waals surface area contributed by atoms with Crippen LogP contribution in [0.1, 0.15) is 5.56 Å². The van der Waals surface area contributed by atoms with Crippen LogP contribution in [0, 0.1) is 6.92 Å². The predicted molar refractivity (Wildman–Crippen MR) is 78.0 cm³/mol. The van der Waals surface area contributed by atoms with Crippen molar-refractivity contribution in [2.45, 2.75) is 6.92 Å². The molecule has 3 N–H and O–H groups in total. The summed E-state index contributed by atoms with van der Waals surface area (Å²) < 4.78 is 0.866. The highest BCUT2D eigenvalue weighted by atomic mass is 79.9. The van der Waals surface area contributed by atoms with Crippen LogP contribution in [-0.2, 0) is 0 Å². The van der Waals surface area contributed by atoms with Gasteiger partial charge >= 0.3 is 0 Å². The Morgan fingerprint density at radius 2 is 1.94 bits per heavy atom. The van der Waals surface area contributed by atoms with Crippen molar-refractivity contribution in [2.75, 3.05) is 11.1 Å². The number of hydrogen-bond donors (Lipinski definition) is 2. The second-order valence-electron chi connectivity index (χ2n) is 3.83. The third-order valence-electron chi connectivity index (χ3n) is 2.46. The summed E-state index contributed by atoms with van der Waals surface area (Å²) in [4.78, 5) is 0. The highest BCUT2D eigenvalue weighted by molar-refractivity contribution is 9.10. The minimum absolute atomic E-state index is 0.694. The van der Waals surface area contributed by atoms with Crippen molar-refractivity contribution in [1.29, 1.82) is 0 Å². The fourth-order valence-electron chi connectivity index (χ4n) is 1.50. The Morgan fingerprint density at radius 1 is 1.18 bits per heavy atom. The highest BCUT2D eigenvalue weighted by Crippen LogP contribution is 2.28. The number of aryl methyl sites for hydroxylation is 1. The maximum absolute atomic E-state index is 5.95. The van der Waals surface area contributed by atoms with Gasteiger partial charge in [0, 0.05) is 21.5 Å². The molecule has 0 atom stereocenters. The van der Waals surface area contributed by atoms with E-state index < -0.39 is 0 Å². The highest BCUT2D eigenvalue weighted by Gasteiger charge is 2.02. The fraction of sp³-hybridized carbons (Fsp3) is 0.0769. The first-order chi connectivity index (χ1) is 8.06. The Balaban J connectivity index is 2.31. The third-order valence-corrected chi connectivity index (χ3v) is 3.67. The van der Waals surface area contributed by atoms with Gasteiger partial charge in [0.05, 0.1) is 5.02 Å². The van der Waals surface area contributed by atoms with Gasteiger partial charge in [-0.25, -0.2) is 0 Å². The Kier molecular flexibility index (Phi) is 3.60. The molecule has 0 aromatic heterocycles. The van der Waals surface area contributed by atoms with Gasteiger partial charge in [0.15, 0.2) is 0 Å². The Hall–Kier alpha value is -1.19. The molecule has 0 aliphatic rings. The standard InChI is InChI=1S/C13H12BrClN2/c1-8-2-3-9(16)6-13(8)17-10-4-5-12(15)11(14)7-10/h2-7,17H,16H2,1H3. The van der Waals surface area contributed by atoms with E-state index in [2.05, 4.69) is 21.2 Å². The van der Waals surface area contributed by atoms with Crippen molar-refractivity contribution in [1.82, 2.24) is 0 Å². The van der Waals surface area contributed by atoms with Crippen molar-refractivity contribution in [2.24, 2.45) is 0 Å². The molecule has 0 radical (unpaired) electrons. The second-order valence-corrected chi connectivity index (χ2v) is 5.09. The molecule has 2 nitrogen and oxygen atoms in total. The fourth-order valence-corrected chi connectivity index (χ4v) is 2.00. The molecule has 0 aliphatic heterocycles. The number of hydrogen-bond acceptors (Lipinski definition) is 2. The van der Waals surface area contributed by atoms with Gasteiger partial charge < -0.3 is 11.1 Å². The van der Waals surface area contributed by atoms with Crippen molar-refractivity contribution in [3.63, 3.8) is 0 Å². The minimum atomic E-state index is 0.694. The van der Waals surface area contributed by atoms with Crippen molar-refractivity contribution < 1.29 is 0 Å². The van der Waals surface area contributed by atoms with Gasteiger partial charge in [0.2, 0.25) is 0 Å². The monoisotopic (exact) mass is 310 g/mol. The van der Waals surface area contributed by atoms with Gasteiger partial charge in [0.1, 0.15) is 0 Å². The molecular formula is C13H12BrClN2. The van der Waals surface area contributed by atoms with Crippen LogP contribution in [0.15, 0.2) is 40.9 Å². The second kappa shape index (κ2) is 4.98. The third kappa shape index (κ3) is 2.93. The van der Waals surface area contributed by atoms with E-state index in [1.54, 1.807) is 0 Å². The van der Waals surface area contributed by atoms with Gasteiger partial charge in [-0.1, -0.05) is 17.7 Å². The lowest BCUT2D eigenvalue weighted by molar-refractivity contribution is 1.43. The van der Waals surface area contributed by atoms with Crippen molar-refractivity contribution in [3.8, 4) is 0 Å². The smallest absolute Gasteiger partial charge is 0.0549 e. The SMILES string of the molecule is Cc1ccc(N)cc1Nc1ccc(Cl)c(Br)c1. The molecule has 4 heteroatoms. The Morgan fingerprint density at radius 3 is 2.65 bits per heavy atom. The molecule has 0 saturated carbocycles. The lowest BCUT2D eigenvalue weighted by atomic mass is 10.1. The van der Waals surface area contributed by atoms with Crippen LogP contribution < -0.4 is 11.1 Å². The molecule has 2 aromatic carbocycles. The van der Waals surface area contributed by atoms with E-state index >= 15 is 0 Å². The van der Waals surface area contributed by atoms with Crippen LogP contribution in [0.5, 0.6) is 0 Å². The van der Waals surface area contributed by atoms with Crippen LogP contribution in [-0.4, -0.2) is 0 Å². The summed E-state index contributed by atoms with van der Waals surface area (Å²) in [6, 6.07) is 11.5. The zero-order valence-electron chi connectivity index (χ0n) is 9.30. The van der Waals surface area contributed by atoms with Crippen LogP contribution in [0.2, 0.25) is 5.02 Å². The summed E-state index contributed by atoms with van der Waals surface area (Å²) in [5, 5.41) is 4.01. The molecule has 0 heterocycles. The van der Waals surface area contributed by atoms with E-state index in [1.807, 2.05) is 43.3 Å². The van der Waals surface area contributed by atoms with Gasteiger partial charge in [-0.05, 0) is 58.7 Å². The number of nitrogens with two attached hydrogens (primary N) is 1. The average Bonchev–Trinajstić information content (AvgIpc) is 2.29. The lowest BCUT2D eigenvalue weighted by Gasteiger charge is -2.11. The maximum Gasteiger partial charge on any atom is 0.0549 e. The predicted octanol–water partition coefficient (Wildman–Crippen LogP) is 4.74. The van der Waals surface area contributed by atoms with Crippen LogP contribution in [0.3, 0.4) is 0 Å². The quantitative estimate of drug-likeness (QED) is 0.786. The first-order valence-corrected chi connectivity index (χ1v) is 6.31. The molecule has 17 heavy (non-hydrogen) atoms. The van der Waals surface area contributed by atoms with Gasteiger partial charge in [0.25, 0.3) is 0 Å². The molecule has 0 fully saturated rings. The van der Waals surface area contributed by atoms with E-state index in [9.17, 15) is 0 Å². The number of halogens is 2. The zero-order valence-corrected chi connectivity index (χ0v) is 11.6. The summed E-state index contributed by atoms with van der Waals surface area (Å²) in [6.07, 6.45) is 0. The van der Waals surface area contributed by atoms with Crippen LogP contribution in [0.25, 0.3) is 0 Å². The number of nitrogen functional groups attached to an aromatic ring is 1. The molecule has 2 aromatic rings. The summed E-state index contributed by atoms with van der Waals surface area (Å²) in [5.74, 6) is 0. The summed E-state index contributed by atoms with van der Waals surface area (Å²) >= 11 is 9.34. The zero-order chi connectivity index (χ0) is 12.4. The minimum Gasteiger partial charge on any atom is -0.399 e. The van der Waals surface area contributed by atoms with Crippen LogP contribution in [0.4, 0.5) is 17.1 Å². The van der Waals surface area contributed by atoms with E-state index in [4.69, 9.17) is 17.3 Å². The lowest BCUT2D eigenvalue weighted by Crippen LogP contribution is -1.95. The summed E-state index contributed by atoms with van der Waals surface area (Å²) in [5.41, 5.74) is 9.62. The van der Waals surface area contributed by atoms with E-state index in [0.717, 1.165) is 27.1 Å². The average molecular weight is 312 g/mol. The normalized spacial score (nSPS) is 10.3. The molecule has 88 valence electrons. The van der Waals surface area contributed by atoms with Crippen molar-refractivity contribution in [3.05, 3.63) is 51.5 Å². The largest absolute Gasteiger partial charge is 0.399 e. The van der Waals surface area contributed by atoms with Crippen molar-refractivity contribution >= 4 is 44.6 Å². The maximum atomic E-state index is 5.95. The van der Waals surface area contributed by atoms with E-state index in [1.165, 1.54) is 0 Å². The van der Waals surface area contributed by atoms with Gasteiger partial charge in [-0.2, -0.15) is 0 Å². The van der Waals surface area contributed by atoms with E-state index in [0.29, 0.717) is 5.02 Å². The number of nitrogens with one attached hydrogen (secondary N) is 1. The molecule has 2 rings (SSSR count). The molecule has 0 saturated heterocycles. The molecule has 0 amide bonds. The first kappa shape index (κ1) is 12.3. The Labute approximate surface area is 114 Å². The number of rotatable bonds is 2. The van der Waals surface area contributed by atoms with E-state index in [-0.39, 0.29) is 0 Å². The van der Waals surface area contributed by atoms with Gasteiger partial charge in [-0.15, -0.1) is 0 Å².